The molecule has 0 amide bonds. The molecule has 0 saturated heterocycles. The van der Waals surface area contributed by atoms with E-state index in [-0.39, 0.29) is 41.7 Å². The molecule has 12 heteroatoms. The van der Waals surface area contributed by atoms with Crippen molar-refractivity contribution in [1.29, 1.82) is 0 Å². The van der Waals surface area contributed by atoms with Crippen molar-refractivity contribution in [2.75, 3.05) is 18.6 Å². The third-order valence-corrected chi connectivity index (χ3v) is 7.04. The van der Waals surface area contributed by atoms with Crippen LogP contribution in [0.4, 0.5) is 5.69 Å². The summed E-state index contributed by atoms with van der Waals surface area (Å²) in [6.45, 7) is 5.41. The lowest BCUT2D eigenvalue weighted by Crippen LogP contribution is -2.28. The Morgan fingerprint density at radius 2 is 1.28 bits per heavy atom. The Hall–Kier alpha value is -1.01. The van der Waals surface area contributed by atoms with Crippen LogP contribution in [0.15, 0.2) is 29.2 Å². The Morgan fingerprint density at radius 3 is 1.67 bits per heavy atom. The van der Waals surface area contributed by atoms with Crippen LogP contribution in [0.1, 0.15) is 72.6 Å². The summed E-state index contributed by atoms with van der Waals surface area (Å²) in [7, 11) is -3.90. The number of nitro benzene ring substituents is 1. The zero-order valence-electron chi connectivity index (χ0n) is 20.3. The van der Waals surface area contributed by atoms with E-state index >= 15 is 0 Å². The SMILES string of the molecule is C.CCOC1CCC(O)CC1.CCOC1CCC(OS(=O)(=O)c2ccc([N+](=O)[O-])cc2)CC1.ClCCl. The molecule has 0 aromatic heterocycles. The number of rotatable bonds is 8. The van der Waals surface area contributed by atoms with E-state index in [1.54, 1.807) is 0 Å². The minimum atomic E-state index is -3.90. The van der Waals surface area contributed by atoms with Crippen molar-refractivity contribution >= 4 is 39.0 Å². The van der Waals surface area contributed by atoms with Gasteiger partial charge in [0.1, 0.15) is 0 Å². The van der Waals surface area contributed by atoms with Gasteiger partial charge >= 0.3 is 0 Å². The van der Waals surface area contributed by atoms with E-state index in [2.05, 4.69) is 0 Å². The van der Waals surface area contributed by atoms with E-state index in [0.29, 0.717) is 25.6 Å². The van der Waals surface area contributed by atoms with Gasteiger partial charge in [-0.15, -0.1) is 23.2 Å². The lowest BCUT2D eigenvalue weighted by Gasteiger charge is -2.27. The molecular weight excluding hydrogens is 533 g/mol. The third kappa shape index (κ3) is 13.5. The highest BCUT2D eigenvalue weighted by atomic mass is 35.5. The lowest BCUT2D eigenvalue weighted by molar-refractivity contribution is -0.384. The number of nitro groups is 1. The first-order chi connectivity index (χ1) is 16.7. The summed E-state index contributed by atoms with van der Waals surface area (Å²) >= 11 is 9.53. The number of alkyl halides is 2. The zero-order valence-corrected chi connectivity index (χ0v) is 22.6. The smallest absolute Gasteiger partial charge is 0.297 e. The van der Waals surface area contributed by atoms with Crippen molar-refractivity contribution in [2.45, 2.75) is 102 Å². The summed E-state index contributed by atoms with van der Waals surface area (Å²) in [5.41, 5.74) is -0.156. The molecule has 2 fully saturated rings. The van der Waals surface area contributed by atoms with Gasteiger partial charge in [-0.05, 0) is 77.3 Å². The molecule has 1 aromatic rings. The zero-order chi connectivity index (χ0) is 26.3. The quantitative estimate of drug-likeness (QED) is 0.173. The topological polar surface area (TPSA) is 125 Å². The van der Waals surface area contributed by atoms with Crippen LogP contribution in [0.3, 0.4) is 0 Å². The summed E-state index contributed by atoms with van der Waals surface area (Å²) < 4.78 is 40.5. The molecule has 36 heavy (non-hydrogen) atoms. The minimum Gasteiger partial charge on any atom is -0.393 e. The summed E-state index contributed by atoms with van der Waals surface area (Å²) in [5.74, 6) is 0. The fourth-order valence-corrected chi connectivity index (χ4v) is 5.08. The van der Waals surface area contributed by atoms with E-state index < -0.39 is 15.0 Å². The van der Waals surface area contributed by atoms with E-state index in [0.717, 1.165) is 57.3 Å². The molecule has 2 saturated carbocycles. The van der Waals surface area contributed by atoms with Gasteiger partial charge in [-0.2, -0.15) is 8.42 Å². The number of halogens is 2. The van der Waals surface area contributed by atoms with Gasteiger partial charge in [0, 0.05) is 25.3 Å². The molecular formula is C24H41Cl2NO8S. The monoisotopic (exact) mass is 573 g/mol. The van der Waals surface area contributed by atoms with Gasteiger partial charge in [-0.3, -0.25) is 14.3 Å². The average Bonchev–Trinajstić information content (AvgIpc) is 2.83. The summed E-state index contributed by atoms with van der Waals surface area (Å²) in [6, 6.07) is 4.70. The number of nitrogens with zero attached hydrogens (tertiary/aromatic N) is 1. The molecule has 2 aliphatic carbocycles. The van der Waals surface area contributed by atoms with Crippen LogP contribution in [0.25, 0.3) is 0 Å². The van der Waals surface area contributed by atoms with Gasteiger partial charge in [0.05, 0.1) is 39.6 Å². The highest BCUT2D eigenvalue weighted by Crippen LogP contribution is 2.27. The number of hydrogen-bond acceptors (Lipinski definition) is 8. The van der Waals surface area contributed by atoms with Gasteiger partial charge in [-0.1, -0.05) is 7.43 Å². The fourth-order valence-electron chi connectivity index (χ4n) is 3.95. The van der Waals surface area contributed by atoms with Crippen LogP contribution < -0.4 is 0 Å². The second-order valence-corrected chi connectivity index (χ2v) is 10.5. The predicted octanol–water partition coefficient (Wildman–Crippen LogP) is 6.03. The lowest BCUT2D eigenvalue weighted by atomic mass is 9.95. The Morgan fingerprint density at radius 1 is 0.889 bits per heavy atom. The van der Waals surface area contributed by atoms with Crippen LogP contribution in [0.2, 0.25) is 0 Å². The molecule has 1 N–H and O–H groups in total. The number of hydrogen-bond donors (Lipinski definition) is 1. The normalized spacial score (nSPS) is 23.7. The Labute approximate surface area is 225 Å². The number of non-ortho nitro benzene ring substituents is 1. The number of benzene rings is 1. The van der Waals surface area contributed by atoms with Gasteiger partial charge < -0.3 is 14.6 Å². The maximum Gasteiger partial charge on any atom is 0.297 e. The van der Waals surface area contributed by atoms with Crippen molar-refractivity contribution in [3.8, 4) is 0 Å². The molecule has 210 valence electrons. The van der Waals surface area contributed by atoms with Gasteiger partial charge in [0.15, 0.2) is 0 Å². The molecule has 0 aliphatic heterocycles. The predicted molar refractivity (Wildman–Crippen MR) is 142 cm³/mol. The largest absolute Gasteiger partial charge is 0.393 e. The second-order valence-electron chi connectivity index (χ2n) is 8.14. The van der Waals surface area contributed by atoms with Crippen LogP contribution in [0, 0.1) is 10.1 Å². The summed E-state index contributed by atoms with van der Waals surface area (Å²) in [6.07, 6.45) is 6.88. The van der Waals surface area contributed by atoms with Crippen molar-refractivity contribution in [2.24, 2.45) is 0 Å². The molecule has 3 rings (SSSR count). The number of aliphatic hydroxyl groups is 1. The first-order valence-corrected chi connectivity index (χ1v) is 14.3. The van der Waals surface area contributed by atoms with Crippen LogP contribution in [0.5, 0.6) is 0 Å². The Balaban J connectivity index is 0.000000731. The van der Waals surface area contributed by atoms with Crippen LogP contribution in [-0.2, 0) is 23.8 Å². The summed E-state index contributed by atoms with van der Waals surface area (Å²) in [5, 5.41) is 19.9. The molecule has 1 aromatic carbocycles. The maximum atomic E-state index is 12.2. The van der Waals surface area contributed by atoms with Crippen molar-refractivity contribution in [3.63, 3.8) is 0 Å². The van der Waals surface area contributed by atoms with E-state index in [1.807, 2.05) is 13.8 Å². The van der Waals surface area contributed by atoms with Gasteiger partial charge in [-0.25, -0.2) is 0 Å². The molecule has 0 radical (unpaired) electrons. The molecule has 0 heterocycles. The standard InChI is InChI=1S/C14H19NO6S.C8H16O2.CH2Cl2.CH4/c1-2-20-12-5-7-13(8-6-12)21-22(18,19)14-9-3-11(4-10-14)15(16)17;1-2-10-8-5-3-7(9)4-6-8;2-1-3;/h3-4,9-10,12-13H,2,5-8H2,1H3;7-9H,2-6H2,1H3;1H2;1H4. The molecule has 0 unspecified atom stereocenters. The van der Waals surface area contributed by atoms with E-state index in [1.165, 1.54) is 12.1 Å². The number of aliphatic hydroxyl groups excluding tert-OH is 1. The van der Waals surface area contributed by atoms with E-state index in [9.17, 15) is 18.5 Å². The van der Waals surface area contributed by atoms with Crippen molar-refractivity contribution in [3.05, 3.63) is 34.4 Å². The van der Waals surface area contributed by atoms with Crippen LogP contribution in [-0.4, -0.2) is 61.4 Å². The molecule has 0 spiro atoms. The van der Waals surface area contributed by atoms with Crippen LogP contribution >= 0.6 is 23.2 Å². The van der Waals surface area contributed by atoms with Crippen molar-refractivity contribution < 1.29 is 32.1 Å². The second kappa shape index (κ2) is 19.1. The van der Waals surface area contributed by atoms with Gasteiger partial charge in [0.2, 0.25) is 0 Å². The Bertz CT molecular complexity index is 810. The Kier molecular flexibility index (Phi) is 18.6. The molecule has 2 aliphatic rings. The van der Waals surface area contributed by atoms with Gasteiger partial charge in [0.25, 0.3) is 15.8 Å². The minimum absolute atomic E-state index is 0. The third-order valence-electron chi connectivity index (χ3n) is 5.67. The highest BCUT2D eigenvalue weighted by molar-refractivity contribution is 7.86. The highest BCUT2D eigenvalue weighted by Gasteiger charge is 2.27. The molecule has 9 nitrogen and oxygen atoms in total. The molecule has 0 atom stereocenters. The molecule has 0 bridgehead atoms. The first kappa shape index (κ1) is 35.0. The average molecular weight is 575 g/mol. The summed E-state index contributed by atoms with van der Waals surface area (Å²) in [4.78, 5) is 9.93. The maximum absolute atomic E-state index is 12.2. The van der Waals surface area contributed by atoms with Crippen molar-refractivity contribution in [1.82, 2.24) is 0 Å². The first-order valence-electron chi connectivity index (χ1n) is 11.9. The number of ether oxygens (including phenoxy) is 2. The fraction of sp³-hybridized carbons (Fsp3) is 0.750. The van der Waals surface area contributed by atoms with E-state index in [4.69, 9.17) is 42.0 Å².